The first-order valence-corrected chi connectivity index (χ1v) is 6.95. The fourth-order valence-electron chi connectivity index (χ4n) is 1.88. The number of hydrogen-bond donors (Lipinski definition) is 1. The van der Waals surface area contributed by atoms with E-state index in [0.717, 1.165) is 0 Å². The molecule has 0 aliphatic rings. The molecule has 22 heavy (non-hydrogen) atoms. The van der Waals surface area contributed by atoms with Gasteiger partial charge in [0.1, 0.15) is 5.75 Å². The van der Waals surface area contributed by atoms with Crippen LogP contribution in [0.1, 0.15) is 12.5 Å². The minimum absolute atomic E-state index is 0.216. The molecule has 0 spiro atoms. The molecule has 5 heteroatoms. The van der Waals surface area contributed by atoms with Gasteiger partial charge in [-0.1, -0.05) is 42.5 Å². The molecule has 5 nitrogen and oxygen atoms in total. The molecule has 0 amide bonds. The largest absolute Gasteiger partial charge is 0.495 e. The minimum Gasteiger partial charge on any atom is -0.495 e. The third-order valence-electron chi connectivity index (χ3n) is 2.91. The number of methoxy groups -OCH3 is 1. The van der Waals surface area contributed by atoms with Crippen molar-refractivity contribution in [3.8, 4) is 5.75 Å². The van der Waals surface area contributed by atoms with Crippen molar-refractivity contribution in [1.29, 1.82) is 0 Å². The maximum Gasteiger partial charge on any atom is 0.359 e. The van der Waals surface area contributed by atoms with Crippen LogP contribution in [0, 0.1) is 0 Å². The molecule has 0 unspecified atom stereocenters. The van der Waals surface area contributed by atoms with E-state index < -0.39 is 5.97 Å². The first kappa shape index (κ1) is 15.6. The number of nitrogens with one attached hydrogen (secondary N) is 1. The van der Waals surface area contributed by atoms with Crippen LogP contribution >= 0.6 is 0 Å². The summed E-state index contributed by atoms with van der Waals surface area (Å²) in [7, 11) is 1.58. The Balaban J connectivity index is 2.30. The number of benzene rings is 2. The first-order valence-electron chi connectivity index (χ1n) is 6.95. The highest BCUT2D eigenvalue weighted by Crippen LogP contribution is 2.23. The number of hydrogen-bond acceptors (Lipinski definition) is 5. The summed E-state index contributed by atoms with van der Waals surface area (Å²) < 4.78 is 10.3. The van der Waals surface area contributed by atoms with Gasteiger partial charge in [0.15, 0.2) is 5.71 Å². The summed E-state index contributed by atoms with van der Waals surface area (Å²) in [5, 5.41) is 4.20. The smallest absolute Gasteiger partial charge is 0.359 e. The Morgan fingerprint density at radius 3 is 2.45 bits per heavy atom. The Bertz CT molecular complexity index is 654. The Morgan fingerprint density at radius 1 is 1.09 bits per heavy atom. The van der Waals surface area contributed by atoms with E-state index in [0.29, 0.717) is 23.6 Å². The number of esters is 1. The molecule has 0 bridgehead atoms. The molecule has 0 heterocycles. The standard InChI is InChI=1S/C17H18N2O3/c1-3-22-17(20)16(13-9-5-4-6-10-13)19-18-14-11-7-8-12-15(14)21-2/h4-12,18H,3H2,1-2H3/b19-16-. The molecule has 0 aliphatic carbocycles. The van der Waals surface area contributed by atoms with E-state index in [1.807, 2.05) is 42.5 Å². The van der Waals surface area contributed by atoms with E-state index in [9.17, 15) is 4.79 Å². The normalized spacial score (nSPS) is 10.9. The minimum atomic E-state index is -0.476. The number of rotatable bonds is 6. The van der Waals surface area contributed by atoms with E-state index in [-0.39, 0.29) is 5.71 Å². The van der Waals surface area contributed by atoms with E-state index in [4.69, 9.17) is 9.47 Å². The van der Waals surface area contributed by atoms with Gasteiger partial charge >= 0.3 is 5.97 Å². The van der Waals surface area contributed by atoms with E-state index in [2.05, 4.69) is 10.5 Å². The van der Waals surface area contributed by atoms with Crippen LogP contribution in [0.2, 0.25) is 0 Å². The number of carbonyl (C=O) groups excluding carboxylic acids is 1. The second-order valence-electron chi connectivity index (χ2n) is 4.36. The molecule has 2 aromatic rings. The molecule has 2 rings (SSSR count). The van der Waals surface area contributed by atoms with Gasteiger partial charge in [0.05, 0.1) is 19.4 Å². The predicted octanol–water partition coefficient (Wildman–Crippen LogP) is 3.07. The summed E-state index contributed by atoms with van der Waals surface area (Å²) in [5.41, 5.74) is 4.43. The lowest BCUT2D eigenvalue weighted by Crippen LogP contribution is -2.20. The van der Waals surface area contributed by atoms with Gasteiger partial charge < -0.3 is 9.47 Å². The van der Waals surface area contributed by atoms with Gasteiger partial charge in [0.2, 0.25) is 0 Å². The number of carbonyl (C=O) groups is 1. The van der Waals surface area contributed by atoms with Crippen molar-refractivity contribution < 1.29 is 14.3 Å². The Morgan fingerprint density at radius 2 is 1.77 bits per heavy atom. The van der Waals surface area contributed by atoms with Crippen molar-refractivity contribution in [3.63, 3.8) is 0 Å². The van der Waals surface area contributed by atoms with Crippen LogP contribution in [0.25, 0.3) is 0 Å². The maximum absolute atomic E-state index is 12.1. The van der Waals surface area contributed by atoms with Crippen molar-refractivity contribution in [2.24, 2.45) is 5.10 Å². The van der Waals surface area contributed by atoms with Crippen molar-refractivity contribution in [1.82, 2.24) is 0 Å². The lowest BCUT2D eigenvalue weighted by molar-refractivity contribution is -0.134. The van der Waals surface area contributed by atoms with E-state index in [1.165, 1.54) is 0 Å². The Kier molecular flexibility index (Phi) is 5.54. The molecular formula is C17H18N2O3. The van der Waals surface area contributed by atoms with Crippen molar-refractivity contribution in [2.45, 2.75) is 6.92 Å². The van der Waals surface area contributed by atoms with Crippen LogP contribution in [-0.4, -0.2) is 25.4 Å². The van der Waals surface area contributed by atoms with Crippen molar-refractivity contribution in [3.05, 3.63) is 60.2 Å². The van der Waals surface area contributed by atoms with Gasteiger partial charge in [-0.2, -0.15) is 5.10 Å². The zero-order valence-electron chi connectivity index (χ0n) is 12.6. The zero-order chi connectivity index (χ0) is 15.8. The molecule has 0 fully saturated rings. The lowest BCUT2D eigenvalue weighted by Gasteiger charge is -2.09. The first-order chi connectivity index (χ1) is 10.8. The SMILES string of the molecule is CCOC(=O)/C(=N\Nc1ccccc1OC)c1ccccc1. The molecular weight excluding hydrogens is 280 g/mol. The fraction of sp³-hybridized carbons (Fsp3) is 0.176. The summed E-state index contributed by atoms with van der Waals surface area (Å²) in [6, 6.07) is 16.5. The molecule has 2 aromatic carbocycles. The van der Waals surface area contributed by atoms with Gasteiger partial charge in [-0.15, -0.1) is 0 Å². The number of hydrazone groups is 1. The number of anilines is 1. The summed E-state index contributed by atoms with van der Waals surface area (Å²) in [6.45, 7) is 2.05. The van der Waals surface area contributed by atoms with Crippen LogP contribution in [0.5, 0.6) is 5.75 Å². The van der Waals surface area contributed by atoms with Crippen LogP contribution < -0.4 is 10.2 Å². The van der Waals surface area contributed by atoms with E-state index in [1.54, 1.807) is 26.2 Å². The lowest BCUT2D eigenvalue weighted by atomic mass is 10.1. The number of nitrogens with zero attached hydrogens (tertiary/aromatic N) is 1. The van der Waals surface area contributed by atoms with Gasteiger partial charge in [0, 0.05) is 5.56 Å². The second kappa shape index (κ2) is 7.83. The van der Waals surface area contributed by atoms with Crippen LogP contribution in [0.3, 0.4) is 0 Å². The van der Waals surface area contributed by atoms with Crippen LogP contribution in [0.15, 0.2) is 59.7 Å². The quantitative estimate of drug-likeness (QED) is 0.506. The van der Waals surface area contributed by atoms with Gasteiger partial charge in [-0.3, -0.25) is 5.43 Å². The van der Waals surface area contributed by atoms with Crippen LogP contribution in [-0.2, 0) is 9.53 Å². The van der Waals surface area contributed by atoms with Crippen molar-refractivity contribution >= 4 is 17.4 Å². The Labute approximate surface area is 129 Å². The average Bonchev–Trinajstić information content (AvgIpc) is 2.56. The Hall–Kier alpha value is -2.82. The predicted molar refractivity (Wildman–Crippen MR) is 86.2 cm³/mol. The maximum atomic E-state index is 12.1. The van der Waals surface area contributed by atoms with Crippen LogP contribution in [0.4, 0.5) is 5.69 Å². The molecule has 0 radical (unpaired) electrons. The molecule has 0 saturated heterocycles. The molecule has 0 saturated carbocycles. The summed E-state index contributed by atoms with van der Waals surface area (Å²) in [6.07, 6.45) is 0. The molecule has 0 aliphatic heterocycles. The number of ether oxygens (including phenoxy) is 2. The van der Waals surface area contributed by atoms with Crippen molar-refractivity contribution in [2.75, 3.05) is 19.1 Å². The highest BCUT2D eigenvalue weighted by atomic mass is 16.5. The highest BCUT2D eigenvalue weighted by Gasteiger charge is 2.15. The molecule has 0 atom stereocenters. The molecule has 0 aromatic heterocycles. The summed E-state index contributed by atoms with van der Waals surface area (Å²) >= 11 is 0. The average molecular weight is 298 g/mol. The topological polar surface area (TPSA) is 59.9 Å². The molecule has 1 N–H and O–H groups in total. The van der Waals surface area contributed by atoms with Gasteiger partial charge in [-0.05, 0) is 19.1 Å². The fourth-order valence-corrected chi connectivity index (χ4v) is 1.88. The highest BCUT2D eigenvalue weighted by molar-refractivity contribution is 6.43. The van der Waals surface area contributed by atoms with Gasteiger partial charge in [-0.25, -0.2) is 4.79 Å². The van der Waals surface area contributed by atoms with E-state index >= 15 is 0 Å². The second-order valence-corrected chi connectivity index (χ2v) is 4.36. The monoisotopic (exact) mass is 298 g/mol. The third kappa shape index (κ3) is 3.85. The zero-order valence-corrected chi connectivity index (χ0v) is 12.6. The third-order valence-corrected chi connectivity index (χ3v) is 2.91. The summed E-state index contributed by atoms with van der Waals surface area (Å²) in [5.74, 6) is 0.165. The number of para-hydroxylation sites is 2. The van der Waals surface area contributed by atoms with Gasteiger partial charge in [0.25, 0.3) is 0 Å². The molecule has 114 valence electrons. The summed E-state index contributed by atoms with van der Waals surface area (Å²) in [4.78, 5) is 12.1.